The molecule has 18 heavy (non-hydrogen) atoms. The maximum atomic E-state index is 11.3. The fourth-order valence-corrected chi connectivity index (χ4v) is 3.96. The van der Waals surface area contributed by atoms with Crippen molar-refractivity contribution >= 4 is 33.2 Å². The van der Waals surface area contributed by atoms with Crippen molar-refractivity contribution in [3.05, 3.63) is 20.8 Å². The summed E-state index contributed by atoms with van der Waals surface area (Å²) in [4.78, 5) is 13.5. The van der Waals surface area contributed by atoms with Crippen LogP contribution in [-0.2, 0) is 11.3 Å². The topological polar surface area (TPSA) is 40.5 Å². The first-order valence-corrected chi connectivity index (χ1v) is 7.91. The summed E-state index contributed by atoms with van der Waals surface area (Å²) in [6.45, 7) is 0.830. The Hall–Kier alpha value is -0.390. The molecular formula is C13H18BrNO2S. The van der Waals surface area contributed by atoms with Gasteiger partial charge in [0.15, 0.2) is 0 Å². The van der Waals surface area contributed by atoms with Crippen molar-refractivity contribution in [1.29, 1.82) is 0 Å². The monoisotopic (exact) mass is 331 g/mol. The van der Waals surface area contributed by atoms with Gasteiger partial charge in [-0.05, 0) is 52.8 Å². The van der Waals surface area contributed by atoms with Crippen LogP contribution in [0.2, 0.25) is 0 Å². The Labute approximate surface area is 120 Å². The highest BCUT2D eigenvalue weighted by Crippen LogP contribution is 2.30. The molecule has 1 aliphatic carbocycles. The molecule has 0 aromatic carbocycles. The third-order valence-corrected chi connectivity index (χ3v) is 5.22. The van der Waals surface area contributed by atoms with E-state index in [4.69, 9.17) is 0 Å². The minimum absolute atomic E-state index is 0.176. The van der Waals surface area contributed by atoms with Crippen LogP contribution < -0.4 is 0 Å². The first-order valence-electron chi connectivity index (χ1n) is 6.24. The number of nitrogens with zero attached hydrogens (tertiary/aromatic N) is 1. The lowest BCUT2D eigenvalue weighted by atomic mass is 9.83. The fourth-order valence-electron chi connectivity index (χ4n) is 2.76. The summed E-state index contributed by atoms with van der Waals surface area (Å²) in [6.07, 6.45) is 4.01. The summed E-state index contributed by atoms with van der Waals surface area (Å²) in [7, 11) is 2.04. The molecule has 0 spiro atoms. The molecule has 1 aromatic rings. The average Bonchev–Trinajstić information content (AvgIpc) is 2.74. The Kier molecular flexibility index (Phi) is 4.81. The van der Waals surface area contributed by atoms with Gasteiger partial charge in [-0.3, -0.25) is 9.69 Å². The number of thiophene rings is 1. The highest BCUT2D eigenvalue weighted by molar-refractivity contribution is 9.11. The Morgan fingerprint density at radius 2 is 2.28 bits per heavy atom. The Morgan fingerprint density at radius 1 is 1.56 bits per heavy atom. The largest absolute Gasteiger partial charge is 0.481 e. The van der Waals surface area contributed by atoms with Gasteiger partial charge in [0.1, 0.15) is 0 Å². The summed E-state index contributed by atoms with van der Waals surface area (Å²) in [6, 6.07) is 2.29. The lowest BCUT2D eigenvalue weighted by Crippen LogP contribution is -2.43. The van der Waals surface area contributed by atoms with Gasteiger partial charge in [0.2, 0.25) is 0 Å². The van der Waals surface area contributed by atoms with Crippen LogP contribution in [0.1, 0.15) is 31.2 Å². The third kappa shape index (κ3) is 3.33. The number of carbonyl (C=O) groups is 1. The molecule has 2 unspecified atom stereocenters. The number of aliphatic carboxylic acids is 1. The van der Waals surface area contributed by atoms with Gasteiger partial charge in [-0.1, -0.05) is 12.8 Å². The molecule has 0 radical (unpaired) electrons. The summed E-state index contributed by atoms with van der Waals surface area (Å²) in [5.41, 5.74) is 1.25. The van der Waals surface area contributed by atoms with Gasteiger partial charge in [-0.25, -0.2) is 0 Å². The number of carboxylic acid groups (broad SMARTS) is 1. The zero-order chi connectivity index (χ0) is 13.1. The maximum Gasteiger partial charge on any atom is 0.308 e. The normalized spacial score (nSPS) is 24.4. The molecule has 0 aliphatic heterocycles. The van der Waals surface area contributed by atoms with Crippen LogP contribution in [0.5, 0.6) is 0 Å². The zero-order valence-electron chi connectivity index (χ0n) is 10.4. The molecule has 1 N–H and O–H groups in total. The van der Waals surface area contributed by atoms with E-state index >= 15 is 0 Å². The van der Waals surface area contributed by atoms with Crippen LogP contribution >= 0.6 is 27.3 Å². The van der Waals surface area contributed by atoms with Crippen molar-refractivity contribution in [3.8, 4) is 0 Å². The summed E-state index contributed by atoms with van der Waals surface area (Å²) in [5, 5.41) is 11.4. The Bertz CT molecular complexity index is 421. The molecule has 2 atom stereocenters. The molecule has 3 nitrogen and oxygen atoms in total. The van der Waals surface area contributed by atoms with Crippen molar-refractivity contribution in [2.24, 2.45) is 5.92 Å². The minimum atomic E-state index is -0.641. The lowest BCUT2D eigenvalue weighted by molar-refractivity contribution is -0.145. The number of rotatable bonds is 4. The summed E-state index contributed by atoms with van der Waals surface area (Å²) < 4.78 is 1.13. The number of hydrogen-bond acceptors (Lipinski definition) is 3. The molecule has 2 rings (SSSR count). The first kappa shape index (κ1) is 14.0. The predicted octanol–water partition coefficient (Wildman–Crippen LogP) is 3.59. The highest BCUT2D eigenvalue weighted by Gasteiger charge is 2.33. The van der Waals surface area contributed by atoms with E-state index in [1.807, 2.05) is 7.05 Å². The van der Waals surface area contributed by atoms with E-state index in [-0.39, 0.29) is 12.0 Å². The van der Waals surface area contributed by atoms with Gasteiger partial charge in [-0.2, -0.15) is 0 Å². The molecule has 100 valence electrons. The maximum absolute atomic E-state index is 11.3. The molecule has 1 fully saturated rings. The van der Waals surface area contributed by atoms with Crippen molar-refractivity contribution in [2.45, 2.75) is 38.3 Å². The minimum Gasteiger partial charge on any atom is -0.481 e. The number of hydrogen-bond donors (Lipinski definition) is 1. The van der Waals surface area contributed by atoms with Crippen molar-refractivity contribution in [2.75, 3.05) is 7.05 Å². The second-order valence-corrected chi connectivity index (χ2v) is 7.26. The van der Waals surface area contributed by atoms with Crippen molar-refractivity contribution in [1.82, 2.24) is 4.90 Å². The standard InChI is InChI=1S/C13H18BrNO2S/c1-15(7-9-6-12(14)18-8-9)11-5-3-2-4-10(11)13(16)17/h6,8,10-11H,2-5,7H2,1H3,(H,16,17). The van der Waals surface area contributed by atoms with Gasteiger partial charge >= 0.3 is 5.97 Å². The van der Waals surface area contributed by atoms with Gasteiger partial charge < -0.3 is 5.11 Å². The van der Waals surface area contributed by atoms with Crippen LogP contribution in [-0.4, -0.2) is 29.1 Å². The second-order valence-electron chi connectivity index (χ2n) is 4.97. The predicted molar refractivity (Wildman–Crippen MR) is 76.9 cm³/mol. The molecule has 0 amide bonds. The van der Waals surface area contributed by atoms with E-state index in [0.717, 1.165) is 36.0 Å². The second kappa shape index (κ2) is 6.17. The van der Waals surface area contributed by atoms with E-state index in [1.165, 1.54) is 5.56 Å². The number of halogens is 1. The van der Waals surface area contributed by atoms with Crippen LogP contribution in [0.3, 0.4) is 0 Å². The quantitative estimate of drug-likeness (QED) is 0.916. The van der Waals surface area contributed by atoms with E-state index < -0.39 is 5.97 Å². The Balaban J connectivity index is 2.01. The Morgan fingerprint density at radius 3 is 2.89 bits per heavy atom. The molecule has 0 bridgehead atoms. The van der Waals surface area contributed by atoms with E-state index in [1.54, 1.807) is 11.3 Å². The number of carboxylic acids is 1. The van der Waals surface area contributed by atoms with Crippen LogP contribution in [0.25, 0.3) is 0 Å². The fraction of sp³-hybridized carbons (Fsp3) is 0.615. The van der Waals surface area contributed by atoms with Gasteiger partial charge in [0.05, 0.1) is 9.70 Å². The molecule has 1 heterocycles. The van der Waals surface area contributed by atoms with Crippen LogP contribution in [0.4, 0.5) is 0 Å². The SMILES string of the molecule is CN(Cc1csc(Br)c1)C1CCCCC1C(=O)O. The third-order valence-electron chi connectivity index (χ3n) is 3.67. The molecule has 1 saturated carbocycles. The van der Waals surface area contributed by atoms with Gasteiger partial charge in [0.25, 0.3) is 0 Å². The van der Waals surface area contributed by atoms with Crippen molar-refractivity contribution in [3.63, 3.8) is 0 Å². The van der Waals surface area contributed by atoms with Crippen LogP contribution in [0, 0.1) is 5.92 Å². The zero-order valence-corrected chi connectivity index (χ0v) is 12.8. The lowest BCUT2D eigenvalue weighted by Gasteiger charge is -2.35. The van der Waals surface area contributed by atoms with Crippen molar-refractivity contribution < 1.29 is 9.90 Å². The molecule has 1 aromatic heterocycles. The molecule has 5 heteroatoms. The highest BCUT2D eigenvalue weighted by atomic mass is 79.9. The average molecular weight is 332 g/mol. The van der Waals surface area contributed by atoms with Gasteiger partial charge in [-0.15, -0.1) is 11.3 Å². The first-order chi connectivity index (χ1) is 8.58. The molecule has 0 saturated heterocycles. The van der Waals surface area contributed by atoms with E-state index in [9.17, 15) is 9.90 Å². The van der Waals surface area contributed by atoms with E-state index in [2.05, 4.69) is 32.3 Å². The van der Waals surface area contributed by atoms with Gasteiger partial charge in [0, 0.05) is 12.6 Å². The molecular weight excluding hydrogens is 314 g/mol. The smallest absolute Gasteiger partial charge is 0.308 e. The molecule has 1 aliphatic rings. The summed E-state index contributed by atoms with van der Waals surface area (Å²) >= 11 is 5.13. The van der Waals surface area contributed by atoms with E-state index in [0.29, 0.717) is 0 Å². The summed E-state index contributed by atoms with van der Waals surface area (Å²) in [5.74, 6) is -0.844. The van der Waals surface area contributed by atoms with Crippen LogP contribution in [0.15, 0.2) is 15.2 Å².